The Balaban J connectivity index is 1.90. The van der Waals surface area contributed by atoms with E-state index in [9.17, 15) is 4.79 Å². The summed E-state index contributed by atoms with van der Waals surface area (Å²) in [7, 11) is 1.53. The van der Waals surface area contributed by atoms with Gasteiger partial charge in [0.2, 0.25) is 0 Å². The van der Waals surface area contributed by atoms with Crippen molar-refractivity contribution in [1.82, 2.24) is 25.7 Å². The van der Waals surface area contributed by atoms with Gasteiger partial charge in [-0.05, 0) is 0 Å². The molecule has 0 unspecified atom stereocenters. The van der Waals surface area contributed by atoms with Crippen LogP contribution in [0.2, 0.25) is 0 Å². The summed E-state index contributed by atoms with van der Waals surface area (Å²) < 4.78 is 9.74. The van der Waals surface area contributed by atoms with E-state index in [1.807, 2.05) is 0 Å². The minimum absolute atomic E-state index is 0.205. The van der Waals surface area contributed by atoms with Gasteiger partial charge in [-0.3, -0.25) is 9.89 Å². The summed E-state index contributed by atoms with van der Waals surface area (Å²) in [5, 5.41) is 12.5. The first-order valence-corrected chi connectivity index (χ1v) is 4.86. The summed E-state index contributed by atoms with van der Waals surface area (Å²) >= 11 is 0. The number of carbonyl (C=O) groups excluding carboxylic acids is 1. The van der Waals surface area contributed by atoms with Crippen LogP contribution in [0.25, 0.3) is 0 Å². The first-order chi connectivity index (χ1) is 8.29. The smallest absolute Gasteiger partial charge is 0.273 e. The molecule has 0 aliphatic rings. The Morgan fingerprint density at radius 1 is 1.65 bits per heavy atom. The molecule has 2 aromatic heterocycles. The van der Waals surface area contributed by atoms with E-state index >= 15 is 0 Å². The van der Waals surface area contributed by atoms with Crippen LogP contribution in [-0.4, -0.2) is 33.4 Å². The molecule has 2 N–H and O–H groups in total. The summed E-state index contributed by atoms with van der Waals surface area (Å²) in [6.07, 6.45) is 1.37. The topological polar surface area (TPSA) is 106 Å². The SMILES string of the molecule is COCc1cc(C(=O)NCc2ncn[nH]2)no1. The van der Waals surface area contributed by atoms with Crippen molar-refractivity contribution < 1.29 is 14.1 Å². The summed E-state index contributed by atoms with van der Waals surface area (Å²) in [6.45, 7) is 0.535. The standard InChI is InChI=1S/C9H11N5O3/c1-16-4-6-2-7(14-17-6)9(15)10-3-8-11-5-12-13-8/h2,5H,3-4H2,1H3,(H,10,15)(H,11,12,13). The molecule has 8 heteroatoms. The van der Waals surface area contributed by atoms with E-state index in [2.05, 4.69) is 25.7 Å². The van der Waals surface area contributed by atoms with E-state index in [0.717, 1.165) is 0 Å². The first kappa shape index (κ1) is 11.3. The van der Waals surface area contributed by atoms with Gasteiger partial charge in [-0.15, -0.1) is 0 Å². The molecule has 90 valence electrons. The van der Waals surface area contributed by atoms with Gasteiger partial charge >= 0.3 is 0 Å². The van der Waals surface area contributed by atoms with Crippen molar-refractivity contribution in [3.8, 4) is 0 Å². The van der Waals surface area contributed by atoms with Gasteiger partial charge in [-0.2, -0.15) is 5.10 Å². The second kappa shape index (κ2) is 5.21. The van der Waals surface area contributed by atoms with Gasteiger partial charge in [0.15, 0.2) is 11.5 Å². The zero-order valence-corrected chi connectivity index (χ0v) is 9.14. The normalized spacial score (nSPS) is 10.4. The highest BCUT2D eigenvalue weighted by atomic mass is 16.5. The molecular formula is C9H11N5O3. The molecule has 2 aromatic rings. The summed E-state index contributed by atoms with van der Waals surface area (Å²) in [6, 6.07) is 1.53. The number of hydrogen-bond donors (Lipinski definition) is 2. The maximum absolute atomic E-state index is 11.6. The molecule has 0 saturated carbocycles. The van der Waals surface area contributed by atoms with Gasteiger partial charge in [0.05, 0.1) is 6.54 Å². The zero-order valence-electron chi connectivity index (χ0n) is 9.14. The van der Waals surface area contributed by atoms with E-state index in [1.54, 1.807) is 0 Å². The fourth-order valence-corrected chi connectivity index (χ4v) is 1.20. The van der Waals surface area contributed by atoms with Crippen LogP contribution in [-0.2, 0) is 17.9 Å². The van der Waals surface area contributed by atoms with Crippen molar-refractivity contribution in [1.29, 1.82) is 0 Å². The first-order valence-electron chi connectivity index (χ1n) is 4.86. The van der Waals surface area contributed by atoms with Crippen LogP contribution in [0.1, 0.15) is 22.1 Å². The fourth-order valence-electron chi connectivity index (χ4n) is 1.20. The Labute approximate surface area is 96.4 Å². The number of H-pyrrole nitrogens is 1. The average molecular weight is 237 g/mol. The molecule has 0 bridgehead atoms. The monoisotopic (exact) mass is 237 g/mol. The Morgan fingerprint density at radius 2 is 2.53 bits per heavy atom. The summed E-state index contributed by atoms with van der Waals surface area (Å²) in [4.78, 5) is 15.5. The van der Waals surface area contributed by atoms with Crippen LogP contribution in [0, 0.1) is 0 Å². The Hall–Kier alpha value is -2.22. The highest BCUT2D eigenvalue weighted by molar-refractivity contribution is 5.92. The molecule has 2 heterocycles. The predicted octanol–water partition coefficient (Wildman–Crippen LogP) is -0.131. The minimum Gasteiger partial charge on any atom is -0.377 e. The van der Waals surface area contributed by atoms with Crippen LogP contribution in [0.5, 0.6) is 0 Å². The highest BCUT2D eigenvalue weighted by Crippen LogP contribution is 2.04. The third kappa shape index (κ3) is 2.88. The van der Waals surface area contributed by atoms with Crippen molar-refractivity contribution in [3.63, 3.8) is 0 Å². The predicted molar refractivity (Wildman–Crippen MR) is 54.8 cm³/mol. The van der Waals surface area contributed by atoms with Crippen molar-refractivity contribution >= 4 is 5.91 Å². The van der Waals surface area contributed by atoms with Crippen LogP contribution in [0.15, 0.2) is 16.9 Å². The van der Waals surface area contributed by atoms with Gasteiger partial charge in [0.1, 0.15) is 18.8 Å². The van der Waals surface area contributed by atoms with Gasteiger partial charge < -0.3 is 14.6 Å². The summed E-state index contributed by atoms with van der Waals surface area (Å²) in [5.74, 6) is 0.726. The van der Waals surface area contributed by atoms with Gasteiger partial charge in [-0.25, -0.2) is 4.98 Å². The lowest BCUT2D eigenvalue weighted by Gasteiger charge is -1.98. The van der Waals surface area contributed by atoms with E-state index in [1.165, 1.54) is 19.5 Å². The zero-order chi connectivity index (χ0) is 12.1. The fraction of sp³-hybridized carbons (Fsp3) is 0.333. The van der Waals surface area contributed by atoms with E-state index < -0.39 is 0 Å². The number of ether oxygens (including phenoxy) is 1. The Kier molecular flexibility index (Phi) is 3.46. The van der Waals surface area contributed by atoms with Crippen LogP contribution in [0.4, 0.5) is 0 Å². The molecule has 2 rings (SSSR count). The molecule has 0 aromatic carbocycles. The highest BCUT2D eigenvalue weighted by Gasteiger charge is 2.12. The molecule has 0 aliphatic heterocycles. The molecule has 0 spiro atoms. The minimum atomic E-state index is -0.340. The van der Waals surface area contributed by atoms with Gasteiger partial charge in [0, 0.05) is 13.2 Å². The number of aromatic nitrogens is 4. The van der Waals surface area contributed by atoms with E-state index in [4.69, 9.17) is 9.26 Å². The van der Waals surface area contributed by atoms with Crippen LogP contribution in [0.3, 0.4) is 0 Å². The number of amides is 1. The average Bonchev–Trinajstić information content (AvgIpc) is 2.97. The lowest BCUT2D eigenvalue weighted by molar-refractivity contribution is 0.0940. The summed E-state index contributed by atoms with van der Waals surface area (Å²) in [5.41, 5.74) is 0.205. The molecule has 0 aliphatic carbocycles. The van der Waals surface area contributed by atoms with Crippen LogP contribution >= 0.6 is 0 Å². The third-order valence-corrected chi connectivity index (χ3v) is 1.96. The van der Waals surface area contributed by atoms with Gasteiger partial charge in [-0.1, -0.05) is 5.16 Å². The molecular weight excluding hydrogens is 226 g/mol. The van der Waals surface area contributed by atoms with Crippen LogP contribution < -0.4 is 5.32 Å². The number of hydrogen-bond acceptors (Lipinski definition) is 6. The molecule has 17 heavy (non-hydrogen) atoms. The Morgan fingerprint density at radius 3 is 3.24 bits per heavy atom. The molecule has 8 nitrogen and oxygen atoms in total. The largest absolute Gasteiger partial charge is 0.377 e. The molecule has 1 amide bonds. The van der Waals surface area contributed by atoms with Crippen molar-refractivity contribution in [2.24, 2.45) is 0 Å². The maximum atomic E-state index is 11.6. The van der Waals surface area contributed by atoms with E-state index in [0.29, 0.717) is 11.6 Å². The van der Waals surface area contributed by atoms with Crippen molar-refractivity contribution in [2.45, 2.75) is 13.2 Å². The number of rotatable bonds is 5. The van der Waals surface area contributed by atoms with E-state index in [-0.39, 0.29) is 24.8 Å². The lowest BCUT2D eigenvalue weighted by Crippen LogP contribution is -2.23. The molecule has 0 fully saturated rings. The number of nitrogens with zero attached hydrogens (tertiary/aromatic N) is 3. The van der Waals surface area contributed by atoms with Crippen molar-refractivity contribution in [2.75, 3.05) is 7.11 Å². The second-order valence-corrected chi connectivity index (χ2v) is 3.23. The molecule has 0 atom stereocenters. The Bertz CT molecular complexity index is 479. The number of nitrogens with one attached hydrogen (secondary N) is 2. The third-order valence-electron chi connectivity index (χ3n) is 1.96. The lowest BCUT2D eigenvalue weighted by atomic mass is 10.3. The van der Waals surface area contributed by atoms with Gasteiger partial charge in [0.25, 0.3) is 5.91 Å². The number of methoxy groups -OCH3 is 1. The van der Waals surface area contributed by atoms with Crippen molar-refractivity contribution in [3.05, 3.63) is 29.7 Å². The molecule has 0 saturated heterocycles. The molecule has 0 radical (unpaired) electrons. The number of aromatic amines is 1. The number of carbonyl (C=O) groups is 1. The maximum Gasteiger partial charge on any atom is 0.273 e. The quantitative estimate of drug-likeness (QED) is 0.750. The second-order valence-electron chi connectivity index (χ2n) is 3.23.